The van der Waals surface area contributed by atoms with Crippen molar-refractivity contribution >= 4 is 21.6 Å². The Balaban J connectivity index is 1.70. The molecule has 0 atom stereocenters. The highest BCUT2D eigenvalue weighted by molar-refractivity contribution is 7.89. The monoisotopic (exact) mass is 426 g/mol. The molecule has 2 N–H and O–H groups in total. The Morgan fingerprint density at radius 3 is 2.41 bits per heavy atom. The van der Waals surface area contributed by atoms with Crippen molar-refractivity contribution in [1.82, 2.24) is 4.31 Å². The lowest BCUT2D eigenvalue weighted by Gasteiger charge is -2.16. The van der Waals surface area contributed by atoms with Crippen molar-refractivity contribution in [3.8, 4) is 11.5 Å². The van der Waals surface area contributed by atoms with Gasteiger partial charge in [-0.05, 0) is 48.7 Å². The van der Waals surface area contributed by atoms with Crippen LogP contribution in [0.3, 0.4) is 0 Å². The molecule has 0 unspecified atom stereocenters. The fraction of sp³-hybridized carbons (Fsp3) is 0.316. The van der Waals surface area contributed by atoms with Crippen LogP contribution in [0.25, 0.3) is 0 Å². The summed E-state index contributed by atoms with van der Waals surface area (Å²) >= 11 is 0. The van der Waals surface area contributed by atoms with Gasteiger partial charge in [-0.3, -0.25) is 4.79 Å². The molecule has 0 spiro atoms. The van der Waals surface area contributed by atoms with Crippen LogP contribution in [-0.2, 0) is 21.2 Å². The largest absolute Gasteiger partial charge is 0.506 e. The molecule has 2 aromatic carbocycles. The molecule has 3 rings (SSSR count). The van der Waals surface area contributed by atoms with Crippen molar-refractivity contribution in [1.29, 1.82) is 0 Å². The Labute approximate surface area is 167 Å². The van der Waals surface area contributed by atoms with E-state index in [-0.39, 0.29) is 28.5 Å². The molecule has 1 amide bonds. The van der Waals surface area contributed by atoms with E-state index in [0.29, 0.717) is 18.7 Å². The standard InChI is InChI=1S/C19H20F2N2O5S/c20-19(21)28-14-5-3-13(4-6-14)11-18(25)22-16-12-15(7-8-17(16)24)29(26,27)23-9-1-2-10-23/h3-8,12,19,24H,1-2,9-11H2,(H,22,25). The lowest BCUT2D eigenvalue weighted by atomic mass is 10.1. The van der Waals surface area contributed by atoms with Crippen molar-refractivity contribution in [2.45, 2.75) is 30.8 Å². The molecule has 0 radical (unpaired) electrons. The number of carbonyl (C=O) groups excluding carboxylic acids is 1. The minimum Gasteiger partial charge on any atom is -0.506 e. The quantitative estimate of drug-likeness (QED) is 0.664. The van der Waals surface area contributed by atoms with Gasteiger partial charge in [-0.15, -0.1) is 0 Å². The number of nitrogens with zero attached hydrogens (tertiary/aromatic N) is 1. The van der Waals surface area contributed by atoms with Crippen LogP contribution in [0.5, 0.6) is 11.5 Å². The molecule has 156 valence electrons. The normalized spacial score (nSPS) is 14.9. The molecule has 1 heterocycles. The predicted molar refractivity (Wildman–Crippen MR) is 102 cm³/mol. The minimum absolute atomic E-state index is 0.0130. The molecule has 1 aliphatic heterocycles. The number of halogens is 2. The molecule has 1 aliphatic rings. The zero-order valence-corrected chi connectivity index (χ0v) is 16.2. The zero-order chi connectivity index (χ0) is 21.0. The number of phenols is 1. The van der Waals surface area contributed by atoms with E-state index in [9.17, 15) is 27.1 Å². The molecule has 10 heteroatoms. The van der Waals surface area contributed by atoms with Gasteiger partial charge in [0.05, 0.1) is 17.0 Å². The number of phenolic OH excluding ortho intramolecular Hbond substituents is 1. The van der Waals surface area contributed by atoms with Gasteiger partial charge in [0.15, 0.2) is 0 Å². The molecular formula is C19H20F2N2O5S. The van der Waals surface area contributed by atoms with E-state index in [4.69, 9.17) is 0 Å². The number of alkyl halides is 2. The average molecular weight is 426 g/mol. The summed E-state index contributed by atoms with van der Waals surface area (Å²) in [5, 5.41) is 12.5. The highest BCUT2D eigenvalue weighted by Crippen LogP contribution is 2.29. The van der Waals surface area contributed by atoms with Crippen LogP contribution < -0.4 is 10.1 Å². The fourth-order valence-electron chi connectivity index (χ4n) is 3.02. The highest BCUT2D eigenvalue weighted by Gasteiger charge is 2.27. The lowest BCUT2D eigenvalue weighted by molar-refractivity contribution is -0.115. The molecule has 0 aliphatic carbocycles. The first-order valence-corrected chi connectivity index (χ1v) is 10.4. The van der Waals surface area contributed by atoms with Gasteiger partial charge in [0, 0.05) is 13.1 Å². The number of hydrogen-bond donors (Lipinski definition) is 2. The van der Waals surface area contributed by atoms with Crippen molar-refractivity contribution in [2.75, 3.05) is 18.4 Å². The summed E-state index contributed by atoms with van der Waals surface area (Å²) in [6.45, 7) is -2.05. The topological polar surface area (TPSA) is 95.9 Å². The van der Waals surface area contributed by atoms with E-state index >= 15 is 0 Å². The minimum atomic E-state index is -3.69. The SMILES string of the molecule is O=C(Cc1ccc(OC(F)F)cc1)Nc1cc(S(=O)(=O)N2CCCC2)ccc1O. The lowest BCUT2D eigenvalue weighted by Crippen LogP contribution is -2.28. The first-order chi connectivity index (χ1) is 13.8. The van der Waals surface area contributed by atoms with Crippen LogP contribution in [0, 0.1) is 0 Å². The van der Waals surface area contributed by atoms with Gasteiger partial charge in [0.1, 0.15) is 11.5 Å². The Hall–Kier alpha value is -2.72. The number of hydrogen-bond acceptors (Lipinski definition) is 5. The number of amides is 1. The van der Waals surface area contributed by atoms with Gasteiger partial charge in [0.2, 0.25) is 15.9 Å². The Morgan fingerprint density at radius 2 is 1.79 bits per heavy atom. The molecule has 29 heavy (non-hydrogen) atoms. The van der Waals surface area contributed by atoms with Gasteiger partial charge in [0.25, 0.3) is 0 Å². The van der Waals surface area contributed by atoms with Gasteiger partial charge >= 0.3 is 6.61 Å². The van der Waals surface area contributed by atoms with E-state index < -0.39 is 22.5 Å². The van der Waals surface area contributed by atoms with E-state index in [1.165, 1.54) is 46.8 Å². The van der Waals surface area contributed by atoms with Crippen molar-refractivity contribution in [3.05, 3.63) is 48.0 Å². The Morgan fingerprint density at radius 1 is 1.14 bits per heavy atom. The van der Waals surface area contributed by atoms with Crippen LogP contribution in [-0.4, -0.2) is 43.4 Å². The van der Waals surface area contributed by atoms with Gasteiger partial charge < -0.3 is 15.2 Å². The number of sulfonamides is 1. The van der Waals surface area contributed by atoms with Gasteiger partial charge in [-0.2, -0.15) is 13.1 Å². The predicted octanol–water partition coefficient (Wildman–Crippen LogP) is 2.96. The van der Waals surface area contributed by atoms with Crippen LogP contribution in [0.4, 0.5) is 14.5 Å². The molecule has 7 nitrogen and oxygen atoms in total. The molecule has 0 saturated carbocycles. The summed E-state index contributed by atoms with van der Waals surface area (Å²) in [5.74, 6) is -0.792. The van der Waals surface area contributed by atoms with Crippen LogP contribution in [0.2, 0.25) is 0 Å². The summed E-state index contributed by atoms with van der Waals surface area (Å²) in [6.07, 6.45) is 1.49. The number of benzene rings is 2. The number of ether oxygens (including phenoxy) is 1. The van der Waals surface area contributed by atoms with Crippen molar-refractivity contribution in [3.63, 3.8) is 0 Å². The molecule has 1 fully saturated rings. The summed E-state index contributed by atoms with van der Waals surface area (Å²) in [4.78, 5) is 12.3. The van der Waals surface area contributed by atoms with Crippen LogP contribution in [0.1, 0.15) is 18.4 Å². The number of anilines is 1. The van der Waals surface area contributed by atoms with Crippen LogP contribution >= 0.6 is 0 Å². The van der Waals surface area contributed by atoms with E-state index in [2.05, 4.69) is 10.1 Å². The summed E-state index contributed by atoms with van der Waals surface area (Å²) < 4.78 is 55.3. The van der Waals surface area contributed by atoms with Crippen molar-refractivity contribution in [2.24, 2.45) is 0 Å². The second-order valence-corrected chi connectivity index (χ2v) is 8.48. The molecule has 2 aromatic rings. The number of carbonyl (C=O) groups is 1. The zero-order valence-electron chi connectivity index (χ0n) is 15.3. The number of rotatable bonds is 7. The highest BCUT2D eigenvalue weighted by atomic mass is 32.2. The molecule has 1 saturated heterocycles. The maximum absolute atomic E-state index is 12.6. The Bertz CT molecular complexity index is 975. The van der Waals surface area contributed by atoms with Gasteiger partial charge in [-0.1, -0.05) is 12.1 Å². The first-order valence-electron chi connectivity index (χ1n) is 8.92. The third kappa shape index (κ3) is 5.21. The molecule has 0 aromatic heterocycles. The summed E-state index contributed by atoms with van der Waals surface area (Å²) in [7, 11) is -3.69. The van der Waals surface area contributed by atoms with E-state index in [1.54, 1.807) is 0 Å². The molecular weight excluding hydrogens is 406 g/mol. The van der Waals surface area contributed by atoms with E-state index in [0.717, 1.165) is 12.8 Å². The first kappa shape index (κ1) is 21.0. The summed E-state index contributed by atoms with van der Waals surface area (Å²) in [6, 6.07) is 9.29. The third-order valence-electron chi connectivity index (χ3n) is 4.46. The maximum atomic E-state index is 12.6. The van der Waals surface area contributed by atoms with E-state index in [1.807, 2.05) is 0 Å². The second-order valence-electron chi connectivity index (χ2n) is 6.54. The Kier molecular flexibility index (Phi) is 6.33. The van der Waals surface area contributed by atoms with Crippen molar-refractivity contribution < 1.29 is 31.8 Å². The smallest absolute Gasteiger partial charge is 0.387 e. The maximum Gasteiger partial charge on any atom is 0.387 e. The van der Waals surface area contributed by atoms with Crippen LogP contribution in [0.15, 0.2) is 47.4 Å². The molecule has 0 bridgehead atoms. The second kappa shape index (κ2) is 8.75. The number of nitrogens with one attached hydrogen (secondary N) is 1. The third-order valence-corrected chi connectivity index (χ3v) is 6.35. The number of aromatic hydroxyl groups is 1. The van der Waals surface area contributed by atoms with Gasteiger partial charge in [-0.25, -0.2) is 8.42 Å². The summed E-state index contributed by atoms with van der Waals surface area (Å²) in [5.41, 5.74) is 0.511. The average Bonchev–Trinajstić information content (AvgIpc) is 3.20. The fourth-order valence-corrected chi connectivity index (χ4v) is 4.57.